The summed E-state index contributed by atoms with van der Waals surface area (Å²) in [5, 5.41) is 44.3. The summed E-state index contributed by atoms with van der Waals surface area (Å²) < 4.78 is 6.45. The van der Waals surface area contributed by atoms with Gasteiger partial charge in [0.05, 0.1) is 25.1 Å². The van der Waals surface area contributed by atoms with Gasteiger partial charge in [0.25, 0.3) is 0 Å². The first-order valence-corrected chi connectivity index (χ1v) is 10.2. The first-order valence-electron chi connectivity index (χ1n) is 10.2. The Morgan fingerprint density at radius 2 is 1.93 bits per heavy atom. The van der Waals surface area contributed by atoms with Crippen LogP contribution >= 0.6 is 0 Å². The number of nitrogens with zero attached hydrogens (tertiary/aromatic N) is 1. The van der Waals surface area contributed by atoms with E-state index < -0.39 is 28.8 Å². The fraction of sp³-hybridized carbons (Fsp3) is 0.636. The molecule has 2 bridgehead atoms. The van der Waals surface area contributed by atoms with Crippen LogP contribution in [0.2, 0.25) is 0 Å². The summed E-state index contributed by atoms with van der Waals surface area (Å²) in [5.41, 5.74) is -1.62. The maximum absolute atomic E-state index is 12.9. The normalized spacial score (nSPS) is 45.1. The minimum Gasteiger partial charge on any atom is -0.504 e. The van der Waals surface area contributed by atoms with E-state index >= 15 is 0 Å². The molecular weight excluding hydrogens is 374 g/mol. The predicted molar refractivity (Wildman–Crippen MR) is 103 cm³/mol. The number of rotatable bonds is 2. The molecule has 6 atom stereocenters. The van der Waals surface area contributed by atoms with E-state index in [1.807, 2.05) is 13.1 Å². The molecule has 0 aromatic heterocycles. The van der Waals surface area contributed by atoms with Gasteiger partial charge in [-0.1, -0.05) is 6.07 Å². The van der Waals surface area contributed by atoms with Crippen LogP contribution in [0.5, 0.6) is 11.5 Å². The van der Waals surface area contributed by atoms with E-state index in [1.165, 1.54) is 0 Å². The Morgan fingerprint density at radius 3 is 2.62 bits per heavy atom. The minimum absolute atomic E-state index is 0. The quantitative estimate of drug-likeness (QED) is 0.415. The zero-order valence-corrected chi connectivity index (χ0v) is 16.9. The van der Waals surface area contributed by atoms with E-state index in [4.69, 9.17) is 4.74 Å². The zero-order valence-electron chi connectivity index (χ0n) is 16.9. The molecule has 5 aliphatic rings. The zero-order chi connectivity index (χ0) is 19.7. The van der Waals surface area contributed by atoms with Crippen molar-refractivity contribution in [1.29, 1.82) is 0 Å². The van der Waals surface area contributed by atoms with Crippen LogP contribution in [0.4, 0.5) is 0 Å². The molecule has 3 aliphatic carbocycles. The monoisotopic (exact) mass is 403 g/mol. The highest BCUT2D eigenvalue weighted by atomic mass is 16.5. The maximum atomic E-state index is 12.9. The minimum atomic E-state index is -1.55. The molecule has 1 aromatic rings. The second-order valence-corrected chi connectivity index (χ2v) is 9.98. The number of carbonyl (C=O) groups excluding carboxylic acids is 1. The average Bonchev–Trinajstić information content (AvgIpc) is 3.22. The van der Waals surface area contributed by atoms with Gasteiger partial charge >= 0.3 is 0 Å². The van der Waals surface area contributed by atoms with Crippen LogP contribution in [0, 0.1) is 7.43 Å². The number of aliphatic hydroxyl groups excluding tert-OH is 1. The molecule has 0 radical (unpaired) electrons. The van der Waals surface area contributed by atoms with Gasteiger partial charge < -0.3 is 37.1 Å². The lowest BCUT2D eigenvalue weighted by atomic mass is 9.47. The number of likely N-dealkylation sites (N-methyl/N-ethyl adjacent to an activating group) is 1. The van der Waals surface area contributed by atoms with E-state index in [0.717, 1.165) is 18.4 Å². The van der Waals surface area contributed by atoms with Gasteiger partial charge in [0, 0.05) is 24.8 Å². The number of likely N-dealkylation sites (tertiary alicyclic amines) is 1. The SMILES string of the molecule is C[N@+]1(CC2(O)CC2)CC[C@]23c4c5ccc(O)c4O[C@H]2C(=O)CC(O)[C@@]3(O)[C@H]1C5.[CH3-]. The van der Waals surface area contributed by atoms with Gasteiger partial charge in [-0.2, -0.15) is 0 Å². The van der Waals surface area contributed by atoms with Crippen molar-refractivity contribution in [1.82, 2.24) is 0 Å². The van der Waals surface area contributed by atoms with Crippen LogP contribution in [0.25, 0.3) is 0 Å². The number of quaternary nitrogens is 1. The van der Waals surface area contributed by atoms with Gasteiger partial charge in [-0.25, -0.2) is 0 Å². The lowest BCUT2D eigenvalue weighted by Crippen LogP contribution is -2.84. The van der Waals surface area contributed by atoms with Crippen LogP contribution in [0.1, 0.15) is 36.8 Å². The first kappa shape index (κ1) is 19.3. The molecule has 7 nitrogen and oxygen atoms in total. The number of aliphatic hydroxyl groups is 3. The standard InChI is InChI=1S/C21H25NO6.CH3/c1-22(10-19(26)4-5-19)7-6-20-16-11-2-3-12(23)17(16)28-18(20)13(24)9-15(25)21(20,27)14(22)8-11;/h2-3,14-15,18,25-27H,4-10H2,1H3;1H3/q;-1/p+1/t14-,15?,18+,20+,21+,22-;/m1./s1. The average molecular weight is 403 g/mol. The van der Waals surface area contributed by atoms with Crippen LogP contribution in [-0.4, -0.2) is 80.3 Å². The predicted octanol–water partition coefficient (Wildman–Crippen LogP) is 0.206. The van der Waals surface area contributed by atoms with Crippen molar-refractivity contribution in [2.24, 2.45) is 0 Å². The number of phenolic OH excluding ortho intramolecular Hbond substituents is 1. The molecule has 1 spiro atoms. The van der Waals surface area contributed by atoms with E-state index in [0.29, 0.717) is 41.7 Å². The fourth-order valence-corrected chi connectivity index (χ4v) is 7.03. The largest absolute Gasteiger partial charge is 0.504 e. The number of piperidine rings is 1. The number of phenols is 1. The van der Waals surface area contributed by atoms with Gasteiger partial charge in [0.15, 0.2) is 29.0 Å². The molecule has 7 heteroatoms. The third-order valence-corrected chi connectivity index (χ3v) is 8.44. The van der Waals surface area contributed by atoms with Gasteiger partial charge in [0.1, 0.15) is 18.2 Å². The Bertz CT molecular complexity index is 928. The van der Waals surface area contributed by atoms with E-state index in [1.54, 1.807) is 6.07 Å². The highest BCUT2D eigenvalue weighted by molar-refractivity contribution is 5.90. The summed E-state index contributed by atoms with van der Waals surface area (Å²) in [6.07, 6.45) is 0.254. The smallest absolute Gasteiger partial charge is 0.177 e. The van der Waals surface area contributed by atoms with E-state index in [2.05, 4.69) is 0 Å². The molecule has 1 aromatic carbocycles. The molecule has 1 saturated heterocycles. The molecule has 158 valence electrons. The Hall–Kier alpha value is -1.67. The third kappa shape index (κ3) is 2.00. The number of hydrogen-bond donors (Lipinski definition) is 4. The van der Waals surface area contributed by atoms with Gasteiger partial charge in [-0.3, -0.25) is 4.79 Å². The summed E-state index contributed by atoms with van der Waals surface area (Å²) in [7, 11) is 2.05. The first-order chi connectivity index (χ1) is 13.1. The highest BCUT2D eigenvalue weighted by Crippen LogP contribution is 2.66. The number of benzene rings is 1. The third-order valence-electron chi connectivity index (χ3n) is 8.44. The molecule has 29 heavy (non-hydrogen) atoms. The summed E-state index contributed by atoms with van der Waals surface area (Å²) in [6.45, 7) is 1.20. The molecule has 6 rings (SSSR count). The van der Waals surface area contributed by atoms with Gasteiger partial charge in [-0.05, 0) is 24.5 Å². The van der Waals surface area contributed by atoms with Crippen molar-refractivity contribution in [3.8, 4) is 11.5 Å². The Labute approximate surface area is 170 Å². The summed E-state index contributed by atoms with van der Waals surface area (Å²) in [4.78, 5) is 12.9. The van der Waals surface area contributed by atoms with Crippen LogP contribution in [0.15, 0.2) is 12.1 Å². The number of ketones is 1. The molecule has 2 saturated carbocycles. The Kier molecular flexibility index (Phi) is 3.54. The number of aromatic hydroxyl groups is 1. The van der Waals surface area contributed by atoms with Crippen molar-refractivity contribution in [3.63, 3.8) is 0 Å². The van der Waals surface area contributed by atoms with Crippen LogP contribution in [-0.2, 0) is 16.6 Å². The summed E-state index contributed by atoms with van der Waals surface area (Å²) in [5.74, 6) is 0.0378. The van der Waals surface area contributed by atoms with Crippen LogP contribution < -0.4 is 4.74 Å². The van der Waals surface area contributed by atoms with Crippen molar-refractivity contribution in [2.75, 3.05) is 20.1 Å². The molecule has 1 unspecified atom stereocenters. The lowest BCUT2D eigenvalue weighted by Gasteiger charge is -2.65. The number of hydrogen-bond acceptors (Lipinski definition) is 6. The molecule has 4 N–H and O–H groups in total. The second kappa shape index (κ2) is 5.32. The Balaban J connectivity index is 0.00000181. The topological polar surface area (TPSA) is 107 Å². The number of Topliss-reactive ketones (excluding diaryl/α,β-unsaturated/α-hetero) is 1. The summed E-state index contributed by atoms with van der Waals surface area (Å²) >= 11 is 0. The highest BCUT2D eigenvalue weighted by Gasteiger charge is 2.79. The number of carbonyl (C=O) groups is 1. The maximum Gasteiger partial charge on any atom is 0.177 e. The van der Waals surface area contributed by atoms with Crippen molar-refractivity contribution >= 4 is 5.78 Å². The van der Waals surface area contributed by atoms with E-state index in [9.17, 15) is 25.2 Å². The van der Waals surface area contributed by atoms with Gasteiger partial charge in [-0.15, -0.1) is 0 Å². The molecule has 3 fully saturated rings. The fourth-order valence-electron chi connectivity index (χ4n) is 7.03. The van der Waals surface area contributed by atoms with E-state index in [-0.39, 0.29) is 31.4 Å². The molecule has 0 amide bonds. The molecule has 2 heterocycles. The summed E-state index contributed by atoms with van der Waals surface area (Å²) in [6, 6.07) is 3.08. The van der Waals surface area contributed by atoms with Crippen molar-refractivity contribution in [2.45, 2.75) is 67.0 Å². The Morgan fingerprint density at radius 1 is 1.21 bits per heavy atom. The van der Waals surface area contributed by atoms with Gasteiger partial charge in [0.2, 0.25) is 0 Å². The van der Waals surface area contributed by atoms with Crippen molar-refractivity contribution < 1.29 is 34.4 Å². The molecule has 2 aliphatic heterocycles. The van der Waals surface area contributed by atoms with Crippen LogP contribution in [0.3, 0.4) is 0 Å². The lowest BCUT2D eigenvalue weighted by molar-refractivity contribution is -0.953. The number of ether oxygens (including phenoxy) is 1. The van der Waals surface area contributed by atoms with Crippen molar-refractivity contribution in [3.05, 3.63) is 30.7 Å². The molecular formula is C22H29NO6. The second-order valence-electron chi connectivity index (χ2n) is 9.98.